The van der Waals surface area contributed by atoms with Gasteiger partial charge in [0.25, 0.3) is 0 Å². The number of hydrogen-bond donors (Lipinski definition) is 2. The highest BCUT2D eigenvalue weighted by Crippen LogP contribution is 2.29. The lowest BCUT2D eigenvalue weighted by molar-refractivity contribution is -0.159. The van der Waals surface area contributed by atoms with Gasteiger partial charge in [-0.15, -0.1) is 0 Å². The van der Waals surface area contributed by atoms with Gasteiger partial charge in [-0.3, -0.25) is 0 Å². The van der Waals surface area contributed by atoms with Gasteiger partial charge in [-0.2, -0.15) is 23.3 Å². The normalized spacial score (nSPS) is 12.2. The van der Waals surface area contributed by atoms with Crippen LogP contribution < -0.4 is 11.2 Å². The topological polar surface area (TPSA) is 89.3 Å². The van der Waals surface area contributed by atoms with Gasteiger partial charge in [0.15, 0.2) is 5.84 Å². The third-order valence-corrected chi connectivity index (χ3v) is 4.71. The van der Waals surface area contributed by atoms with Crippen LogP contribution in [0.3, 0.4) is 0 Å². The van der Waals surface area contributed by atoms with Crippen molar-refractivity contribution in [1.29, 1.82) is 0 Å². The van der Waals surface area contributed by atoms with E-state index in [-0.39, 0.29) is 5.82 Å². The van der Waals surface area contributed by atoms with Gasteiger partial charge >= 0.3 is 12.1 Å². The second-order valence-corrected chi connectivity index (χ2v) is 6.77. The molecule has 146 valence electrons. The maximum atomic E-state index is 12.5. The van der Waals surface area contributed by atoms with Crippen molar-refractivity contribution in [3.63, 3.8) is 0 Å². The van der Waals surface area contributed by atoms with Crippen LogP contribution in [0.1, 0.15) is 22.6 Å². The molecule has 3 rings (SSSR count). The van der Waals surface area contributed by atoms with E-state index in [1.54, 1.807) is 24.3 Å². The van der Waals surface area contributed by atoms with Crippen LogP contribution in [0.15, 0.2) is 56.6 Å². The lowest BCUT2D eigenvalue weighted by Crippen LogP contribution is -2.19. The number of halogens is 4. The molecule has 10 heteroatoms. The number of aryl methyl sites for hydroxylation is 1. The van der Waals surface area contributed by atoms with Gasteiger partial charge in [-0.25, -0.2) is 0 Å². The second kappa shape index (κ2) is 8.01. The first kappa shape index (κ1) is 19.9. The summed E-state index contributed by atoms with van der Waals surface area (Å²) >= 11 is 3.43. The molecule has 0 aliphatic rings. The monoisotopic (exact) mass is 453 g/mol. The number of nitrogens with two attached hydrogens (primary N) is 1. The molecule has 0 aliphatic carbocycles. The minimum Gasteiger partial charge on any atom is -0.382 e. The summed E-state index contributed by atoms with van der Waals surface area (Å²) in [4.78, 5) is 3.35. The molecular formula is C18H15BrF3N5O. The second-order valence-electron chi connectivity index (χ2n) is 5.91. The van der Waals surface area contributed by atoms with Crippen LogP contribution >= 0.6 is 15.9 Å². The molecule has 0 unspecified atom stereocenters. The average molecular weight is 454 g/mol. The van der Waals surface area contributed by atoms with Crippen molar-refractivity contribution in [2.75, 3.05) is 0 Å². The molecule has 0 bridgehead atoms. The summed E-state index contributed by atoms with van der Waals surface area (Å²) in [5, 5.41) is 7.49. The Bertz CT molecular complexity index is 999. The van der Waals surface area contributed by atoms with Crippen molar-refractivity contribution in [2.45, 2.75) is 19.6 Å². The van der Waals surface area contributed by atoms with Gasteiger partial charge < -0.3 is 15.7 Å². The number of hydrogen-bond acceptors (Lipinski definition) is 5. The molecule has 0 fully saturated rings. The van der Waals surface area contributed by atoms with Crippen molar-refractivity contribution in [3.05, 3.63) is 69.5 Å². The molecule has 3 aromatic rings. The van der Waals surface area contributed by atoms with E-state index in [1.165, 1.54) is 0 Å². The number of nitrogens with zero attached hydrogens (tertiary/aromatic N) is 3. The molecule has 2 aromatic carbocycles. The molecule has 0 spiro atoms. The largest absolute Gasteiger partial charge is 0.471 e. The van der Waals surface area contributed by atoms with Crippen molar-refractivity contribution >= 4 is 21.8 Å². The van der Waals surface area contributed by atoms with E-state index < -0.39 is 12.1 Å². The quantitative estimate of drug-likeness (QED) is 0.342. The van der Waals surface area contributed by atoms with Crippen LogP contribution in [0.25, 0.3) is 11.4 Å². The Morgan fingerprint density at radius 1 is 1.21 bits per heavy atom. The molecule has 1 heterocycles. The summed E-state index contributed by atoms with van der Waals surface area (Å²) in [5.74, 6) is -1.15. The number of alkyl halides is 3. The van der Waals surface area contributed by atoms with Crippen LogP contribution in [-0.2, 0) is 12.7 Å². The summed E-state index contributed by atoms with van der Waals surface area (Å²) in [7, 11) is 0. The lowest BCUT2D eigenvalue weighted by atomic mass is 10.1. The zero-order valence-corrected chi connectivity index (χ0v) is 16.2. The molecule has 0 atom stereocenters. The van der Waals surface area contributed by atoms with Crippen molar-refractivity contribution in [1.82, 2.24) is 15.6 Å². The van der Waals surface area contributed by atoms with Crippen LogP contribution in [0.4, 0.5) is 13.2 Å². The molecule has 0 radical (unpaired) electrons. The fourth-order valence-corrected chi connectivity index (χ4v) is 2.56. The standard InChI is InChI=1S/C18H15BrF3N5O/c1-10-8-13(6-7-14(10)19)15(23)26-24-9-11-2-4-12(5-3-11)16-25-17(28-27-16)18(20,21)22/h2-8,24H,9H2,1H3,(H2,23,26). The van der Waals surface area contributed by atoms with Gasteiger partial charge in [0.2, 0.25) is 5.82 Å². The predicted molar refractivity (Wildman–Crippen MR) is 101 cm³/mol. The number of amidine groups is 1. The SMILES string of the molecule is Cc1cc(/C(N)=N/NCc2ccc(-c3noc(C(F)(F)F)n3)cc2)ccc1Br. The van der Waals surface area contributed by atoms with E-state index in [0.717, 1.165) is 21.2 Å². The van der Waals surface area contributed by atoms with Crippen molar-refractivity contribution < 1.29 is 17.7 Å². The van der Waals surface area contributed by atoms with E-state index in [0.29, 0.717) is 17.9 Å². The number of aromatic nitrogens is 2. The maximum absolute atomic E-state index is 12.5. The number of hydrazone groups is 1. The smallest absolute Gasteiger partial charge is 0.382 e. The van der Waals surface area contributed by atoms with E-state index >= 15 is 0 Å². The highest BCUT2D eigenvalue weighted by molar-refractivity contribution is 9.10. The van der Waals surface area contributed by atoms with E-state index in [4.69, 9.17) is 5.73 Å². The molecule has 1 aromatic heterocycles. The first-order valence-corrected chi connectivity index (χ1v) is 8.86. The minimum atomic E-state index is -4.67. The van der Waals surface area contributed by atoms with Gasteiger partial charge in [-0.1, -0.05) is 51.4 Å². The third kappa shape index (κ3) is 4.69. The Kier molecular flexibility index (Phi) is 5.68. The Hall–Kier alpha value is -2.88. The molecule has 0 aliphatic heterocycles. The molecule has 28 heavy (non-hydrogen) atoms. The van der Waals surface area contributed by atoms with Crippen molar-refractivity contribution in [3.8, 4) is 11.4 Å². The highest BCUT2D eigenvalue weighted by atomic mass is 79.9. The van der Waals surface area contributed by atoms with E-state index in [9.17, 15) is 13.2 Å². The molecule has 0 saturated heterocycles. The van der Waals surface area contributed by atoms with Gasteiger partial charge in [0, 0.05) is 15.6 Å². The van der Waals surface area contributed by atoms with Crippen LogP contribution in [0.5, 0.6) is 0 Å². The number of benzene rings is 2. The molecule has 6 nitrogen and oxygen atoms in total. The third-order valence-electron chi connectivity index (χ3n) is 3.82. The Morgan fingerprint density at radius 3 is 2.54 bits per heavy atom. The zero-order valence-electron chi connectivity index (χ0n) is 14.6. The summed E-state index contributed by atoms with van der Waals surface area (Å²) in [6.07, 6.45) is -4.67. The van der Waals surface area contributed by atoms with Crippen LogP contribution in [0.2, 0.25) is 0 Å². The van der Waals surface area contributed by atoms with Crippen LogP contribution in [-0.4, -0.2) is 16.0 Å². The zero-order chi connectivity index (χ0) is 20.3. The lowest BCUT2D eigenvalue weighted by Gasteiger charge is -2.06. The molecule has 0 saturated carbocycles. The summed E-state index contributed by atoms with van der Waals surface area (Å²) in [5.41, 5.74) is 11.9. The van der Waals surface area contributed by atoms with Gasteiger partial charge in [0.05, 0.1) is 6.54 Å². The van der Waals surface area contributed by atoms with Gasteiger partial charge in [-0.05, 0) is 30.2 Å². The number of nitrogens with one attached hydrogen (secondary N) is 1. The molecular weight excluding hydrogens is 439 g/mol. The minimum absolute atomic E-state index is 0.125. The first-order valence-electron chi connectivity index (χ1n) is 8.07. The fraction of sp³-hybridized carbons (Fsp3) is 0.167. The van der Waals surface area contributed by atoms with E-state index in [1.807, 2.05) is 25.1 Å². The Labute approximate surface area is 166 Å². The van der Waals surface area contributed by atoms with Crippen molar-refractivity contribution in [2.24, 2.45) is 10.8 Å². The Morgan fingerprint density at radius 2 is 1.93 bits per heavy atom. The predicted octanol–water partition coefficient (Wildman–Crippen LogP) is 4.24. The average Bonchev–Trinajstić information content (AvgIpc) is 3.15. The Balaban J connectivity index is 1.63. The number of rotatable bonds is 5. The van der Waals surface area contributed by atoms with Gasteiger partial charge in [0.1, 0.15) is 0 Å². The fourth-order valence-electron chi connectivity index (χ4n) is 2.31. The summed E-state index contributed by atoms with van der Waals surface area (Å²) in [6, 6.07) is 12.3. The van der Waals surface area contributed by atoms with E-state index in [2.05, 4.69) is 41.1 Å². The summed E-state index contributed by atoms with van der Waals surface area (Å²) < 4.78 is 42.8. The first-order chi connectivity index (χ1) is 13.2. The molecule has 0 amide bonds. The van der Waals surface area contributed by atoms with Crippen LogP contribution in [0, 0.1) is 6.92 Å². The summed E-state index contributed by atoms with van der Waals surface area (Å²) in [6.45, 7) is 2.34. The molecule has 3 N–H and O–H groups in total. The maximum Gasteiger partial charge on any atom is 0.471 e. The highest BCUT2D eigenvalue weighted by Gasteiger charge is 2.38.